The van der Waals surface area contributed by atoms with Gasteiger partial charge in [0.15, 0.2) is 0 Å². The highest BCUT2D eigenvalue weighted by Gasteiger charge is 1.99. The third-order valence-electron chi connectivity index (χ3n) is 2.46. The monoisotopic (exact) mass is 320 g/mol. The van der Waals surface area contributed by atoms with Crippen LogP contribution in [-0.4, -0.2) is 15.7 Å². The molecule has 0 unspecified atom stereocenters. The van der Waals surface area contributed by atoms with Crippen molar-refractivity contribution in [3.63, 3.8) is 0 Å². The molecule has 0 radical (unpaired) electrons. The highest BCUT2D eigenvalue weighted by molar-refractivity contribution is 9.10. The summed E-state index contributed by atoms with van der Waals surface area (Å²) in [7, 11) is 0. The summed E-state index contributed by atoms with van der Waals surface area (Å²) >= 11 is 3.38. The molecule has 1 aromatic heterocycles. The van der Waals surface area contributed by atoms with Crippen molar-refractivity contribution >= 4 is 27.6 Å². The Morgan fingerprint density at radius 2 is 2.05 bits per heavy atom. The summed E-state index contributed by atoms with van der Waals surface area (Å²) in [6.07, 6.45) is 0. The van der Waals surface area contributed by atoms with E-state index in [1.165, 1.54) is 6.07 Å². The van der Waals surface area contributed by atoms with Gasteiger partial charge in [0.1, 0.15) is 0 Å². The highest BCUT2D eigenvalue weighted by atomic mass is 79.9. The van der Waals surface area contributed by atoms with Crippen LogP contribution in [0.25, 0.3) is 0 Å². The zero-order valence-electron chi connectivity index (χ0n) is 10.6. The van der Waals surface area contributed by atoms with E-state index in [0.29, 0.717) is 11.6 Å². The quantitative estimate of drug-likeness (QED) is 0.674. The first-order chi connectivity index (χ1) is 9.04. The second-order valence-corrected chi connectivity index (χ2v) is 4.97. The van der Waals surface area contributed by atoms with E-state index < -0.39 is 0 Å². The van der Waals surface area contributed by atoms with Gasteiger partial charge in [-0.3, -0.25) is 9.78 Å². The molecule has 1 heterocycles. The SMILES string of the molecule is CC(=NNc1nc(C)cc(=O)[nH]1)c1ccc(Br)cc1. The molecule has 1 aromatic carbocycles. The van der Waals surface area contributed by atoms with Crippen molar-refractivity contribution in [3.05, 3.63) is 56.4 Å². The molecule has 0 bridgehead atoms. The van der Waals surface area contributed by atoms with Gasteiger partial charge in [-0.15, -0.1) is 0 Å². The van der Waals surface area contributed by atoms with Crippen LogP contribution in [0.1, 0.15) is 18.2 Å². The minimum Gasteiger partial charge on any atom is -0.291 e. The number of hydrazone groups is 1. The van der Waals surface area contributed by atoms with Crippen LogP contribution >= 0.6 is 15.9 Å². The molecule has 0 spiro atoms. The molecule has 0 amide bonds. The van der Waals surface area contributed by atoms with Crippen molar-refractivity contribution < 1.29 is 0 Å². The van der Waals surface area contributed by atoms with Crippen LogP contribution < -0.4 is 11.0 Å². The van der Waals surface area contributed by atoms with Gasteiger partial charge in [-0.25, -0.2) is 10.4 Å². The summed E-state index contributed by atoms with van der Waals surface area (Å²) in [5, 5.41) is 4.20. The zero-order valence-corrected chi connectivity index (χ0v) is 12.2. The summed E-state index contributed by atoms with van der Waals surface area (Å²) in [5.41, 5.74) is 4.98. The standard InChI is InChI=1S/C13H13BrN4O/c1-8-7-12(19)16-13(15-8)18-17-9(2)10-3-5-11(14)6-4-10/h3-7H,1-2H3,(H2,15,16,18,19). The van der Waals surface area contributed by atoms with E-state index in [0.717, 1.165) is 15.7 Å². The molecule has 5 nitrogen and oxygen atoms in total. The molecule has 2 aromatic rings. The third-order valence-corrected chi connectivity index (χ3v) is 2.99. The van der Waals surface area contributed by atoms with Crippen LogP contribution in [0.15, 0.2) is 44.7 Å². The van der Waals surface area contributed by atoms with Gasteiger partial charge >= 0.3 is 0 Å². The largest absolute Gasteiger partial charge is 0.291 e. The Morgan fingerprint density at radius 1 is 1.37 bits per heavy atom. The van der Waals surface area contributed by atoms with Gasteiger partial charge in [-0.1, -0.05) is 28.1 Å². The summed E-state index contributed by atoms with van der Waals surface area (Å²) in [6.45, 7) is 3.63. The van der Waals surface area contributed by atoms with Crippen molar-refractivity contribution in [2.75, 3.05) is 5.43 Å². The fraction of sp³-hybridized carbons (Fsp3) is 0.154. The molecular weight excluding hydrogens is 308 g/mol. The second-order valence-electron chi connectivity index (χ2n) is 4.05. The van der Waals surface area contributed by atoms with Gasteiger partial charge in [0.25, 0.3) is 5.56 Å². The number of halogens is 1. The summed E-state index contributed by atoms with van der Waals surface area (Å²) < 4.78 is 1.02. The number of aromatic amines is 1. The Labute approximate surface area is 118 Å². The number of anilines is 1. The van der Waals surface area contributed by atoms with Gasteiger partial charge in [0.2, 0.25) is 5.95 Å². The van der Waals surface area contributed by atoms with Crippen LogP contribution in [-0.2, 0) is 0 Å². The maximum absolute atomic E-state index is 11.3. The van der Waals surface area contributed by atoms with E-state index in [4.69, 9.17) is 0 Å². The van der Waals surface area contributed by atoms with Crippen molar-refractivity contribution in [2.24, 2.45) is 5.10 Å². The predicted molar refractivity (Wildman–Crippen MR) is 79.6 cm³/mol. The van der Waals surface area contributed by atoms with Gasteiger partial charge in [0.05, 0.1) is 5.71 Å². The first-order valence-corrected chi connectivity index (χ1v) is 6.48. The molecule has 19 heavy (non-hydrogen) atoms. The Kier molecular flexibility index (Phi) is 4.11. The van der Waals surface area contributed by atoms with E-state index in [-0.39, 0.29) is 5.56 Å². The molecule has 0 saturated carbocycles. The number of H-pyrrole nitrogens is 1. The van der Waals surface area contributed by atoms with E-state index in [9.17, 15) is 4.79 Å². The number of nitrogens with one attached hydrogen (secondary N) is 2. The maximum Gasteiger partial charge on any atom is 0.252 e. The third kappa shape index (κ3) is 3.75. The Morgan fingerprint density at radius 3 is 2.68 bits per heavy atom. The van der Waals surface area contributed by atoms with Gasteiger partial charge in [-0.05, 0) is 31.5 Å². The lowest BCUT2D eigenvalue weighted by molar-refractivity contribution is 1.04. The molecule has 2 rings (SSSR count). The van der Waals surface area contributed by atoms with Crippen molar-refractivity contribution in [1.82, 2.24) is 9.97 Å². The second kappa shape index (κ2) is 5.79. The fourth-order valence-electron chi connectivity index (χ4n) is 1.52. The molecule has 0 fully saturated rings. The Balaban J connectivity index is 2.17. The topological polar surface area (TPSA) is 70.1 Å². The average molecular weight is 321 g/mol. The minimum absolute atomic E-state index is 0.202. The normalized spacial score (nSPS) is 11.4. The molecule has 0 atom stereocenters. The summed E-state index contributed by atoms with van der Waals surface area (Å²) in [4.78, 5) is 18.0. The van der Waals surface area contributed by atoms with Gasteiger partial charge < -0.3 is 0 Å². The molecular formula is C13H13BrN4O. The first kappa shape index (κ1) is 13.5. The molecule has 0 aliphatic rings. The van der Waals surface area contributed by atoms with Crippen molar-refractivity contribution in [3.8, 4) is 0 Å². The summed E-state index contributed by atoms with van der Waals surface area (Å²) in [5.74, 6) is 0.335. The smallest absolute Gasteiger partial charge is 0.252 e. The first-order valence-electron chi connectivity index (χ1n) is 5.69. The Bertz CT molecular complexity index is 661. The predicted octanol–water partition coefficient (Wildman–Crippen LogP) is 2.68. The number of hydrogen-bond donors (Lipinski definition) is 2. The van der Waals surface area contributed by atoms with Gasteiger partial charge in [0, 0.05) is 16.2 Å². The lowest BCUT2D eigenvalue weighted by Crippen LogP contribution is -2.11. The van der Waals surface area contributed by atoms with Crippen molar-refractivity contribution in [2.45, 2.75) is 13.8 Å². The minimum atomic E-state index is -0.202. The molecule has 98 valence electrons. The molecule has 6 heteroatoms. The average Bonchev–Trinajstić information content (AvgIpc) is 2.36. The number of aryl methyl sites for hydroxylation is 1. The van der Waals surface area contributed by atoms with Crippen LogP contribution in [0.3, 0.4) is 0 Å². The van der Waals surface area contributed by atoms with E-state index in [1.54, 1.807) is 6.92 Å². The number of rotatable bonds is 3. The van der Waals surface area contributed by atoms with E-state index in [2.05, 4.69) is 36.4 Å². The van der Waals surface area contributed by atoms with Crippen LogP contribution in [0, 0.1) is 6.92 Å². The number of nitrogens with zero attached hydrogens (tertiary/aromatic N) is 2. The zero-order chi connectivity index (χ0) is 13.8. The number of aromatic nitrogens is 2. The van der Waals surface area contributed by atoms with Crippen molar-refractivity contribution in [1.29, 1.82) is 0 Å². The molecule has 0 aliphatic heterocycles. The fourth-order valence-corrected chi connectivity index (χ4v) is 1.79. The van der Waals surface area contributed by atoms with E-state index >= 15 is 0 Å². The number of benzene rings is 1. The molecule has 2 N–H and O–H groups in total. The van der Waals surface area contributed by atoms with Gasteiger partial charge in [-0.2, -0.15) is 5.10 Å². The molecule has 0 aliphatic carbocycles. The van der Waals surface area contributed by atoms with Crippen LogP contribution in [0.4, 0.5) is 5.95 Å². The maximum atomic E-state index is 11.3. The Hall–Kier alpha value is -1.95. The van der Waals surface area contributed by atoms with Crippen LogP contribution in [0.2, 0.25) is 0 Å². The summed E-state index contributed by atoms with van der Waals surface area (Å²) in [6, 6.07) is 9.23. The lowest BCUT2D eigenvalue weighted by atomic mass is 10.1. The van der Waals surface area contributed by atoms with Crippen LogP contribution in [0.5, 0.6) is 0 Å². The lowest BCUT2D eigenvalue weighted by Gasteiger charge is -2.03. The molecule has 0 saturated heterocycles. The van der Waals surface area contributed by atoms with E-state index in [1.807, 2.05) is 31.2 Å². The highest BCUT2D eigenvalue weighted by Crippen LogP contribution is 2.11. The number of hydrogen-bond acceptors (Lipinski definition) is 4.